The van der Waals surface area contributed by atoms with E-state index < -0.39 is 0 Å². The van der Waals surface area contributed by atoms with Crippen LogP contribution in [-0.4, -0.2) is 32.3 Å². The van der Waals surface area contributed by atoms with Crippen molar-refractivity contribution in [1.82, 2.24) is 20.1 Å². The maximum absolute atomic E-state index is 13.0. The highest BCUT2D eigenvalue weighted by Crippen LogP contribution is 2.28. The van der Waals surface area contributed by atoms with Crippen molar-refractivity contribution >= 4 is 75.1 Å². The van der Waals surface area contributed by atoms with Crippen LogP contribution in [-0.2, 0) is 11.8 Å². The fourth-order valence-electron chi connectivity index (χ4n) is 3.81. The van der Waals surface area contributed by atoms with Gasteiger partial charge in [0.15, 0.2) is 11.0 Å². The predicted molar refractivity (Wildman–Crippen MR) is 160 cm³/mol. The summed E-state index contributed by atoms with van der Waals surface area (Å²) in [6.45, 7) is 8.34. The van der Waals surface area contributed by atoms with Gasteiger partial charge in [-0.1, -0.05) is 62.7 Å². The highest BCUT2D eigenvalue weighted by atomic mass is 127. The van der Waals surface area contributed by atoms with Crippen LogP contribution in [0, 0.1) is 9.49 Å². The molecule has 1 atom stereocenters. The molecule has 2 N–H and O–H groups in total. The summed E-state index contributed by atoms with van der Waals surface area (Å²) in [4.78, 5) is 25.7. The molecule has 37 heavy (non-hydrogen) atoms. The summed E-state index contributed by atoms with van der Waals surface area (Å²) in [6.07, 6.45) is 0.652. The van der Waals surface area contributed by atoms with Gasteiger partial charge in [0.1, 0.15) is 0 Å². The van der Waals surface area contributed by atoms with Gasteiger partial charge in [0.25, 0.3) is 5.91 Å². The van der Waals surface area contributed by atoms with E-state index >= 15 is 0 Å². The van der Waals surface area contributed by atoms with Gasteiger partial charge in [-0.2, -0.15) is 0 Å². The third-order valence-corrected chi connectivity index (χ3v) is 7.85. The lowest BCUT2D eigenvalue weighted by Crippen LogP contribution is -2.31. The lowest BCUT2D eigenvalue weighted by Gasteiger charge is -2.20. The molecule has 198 valence electrons. The van der Waals surface area contributed by atoms with Crippen molar-refractivity contribution in [2.75, 3.05) is 11.1 Å². The second kappa shape index (κ2) is 13.3. The number of carbonyl (C=O) groups is 2. The van der Waals surface area contributed by atoms with E-state index in [2.05, 4.69) is 77.2 Å². The van der Waals surface area contributed by atoms with Crippen molar-refractivity contribution in [3.8, 4) is 0 Å². The molecule has 0 aliphatic heterocycles. The molecule has 0 aliphatic rings. The zero-order valence-electron chi connectivity index (χ0n) is 21.3. The van der Waals surface area contributed by atoms with Gasteiger partial charge in [-0.25, -0.2) is 0 Å². The predicted octanol–water partition coefficient (Wildman–Crippen LogP) is 7.10. The minimum absolute atomic E-state index is 0.123. The quantitative estimate of drug-likeness (QED) is 0.177. The second-order valence-electron chi connectivity index (χ2n) is 9.40. The Bertz CT molecular complexity index is 1280. The average Bonchev–Trinajstić information content (AvgIpc) is 3.18. The molecular weight excluding hydrogens is 644 g/mol. The smallest absolute Gasteiger partial charge is 0.253 e. The molecule has 1 heterocycles. The van der Waals surface area contributed by atoms with Crippen molar-refractivity contribution in [1.29, 1.82) is 0 Å². The highest BCUT2D eigenvalue weighted by molar-refractivity contribution is 14.1. The number of halogens is 3. The molecule has 0 saturated carbocycles. The molecule has 1 aromatic heterocycles. The zero-order valence-corrected chi connectivity index (χ0v) is 25.8. The van der Waals surface area contributed by atoms with E-state index in [1.165, 1.54) is 17.8 Å². The first kappa shape index (κ1) is 29.7. The molecule has 0 bridgehead atoms. The fraction of sp³-hybridized carbons (Fsp3) is 0.385. The second-order valence-corrected chi connectivity index (χ2v) is 12.4. The summed E-state index contributed by atoms with van der Waals surface area (Å²) in [5.41, 5.74) is 2.25. The van der Waals surface area contributed by atoms with Gasteiger partial charge in [-0.05, 0) is 82.8 Å². The van der Waals surface area contributed by atoms with Crippen LogP contribution in [0.3, 0.4) is 0 Å². The van der Waals surface area contributed by atoms with Gasteiger partial charge in [0.05, 0.1) is 22.4 Å². The summed E-state index contributed by atoms with van der Waals surface area (Å²) in [5, 5.41) is 16.0. The van der Waals surface area contributed by atoms with Crippen LogP contribution in [0.15, 0.2) is 41.6 Å². The maximum atomic E-state index is 13.0. The number of benzene rings is 2. The van der Waals surface area contributed by atoms with Crippen molar-refractivity contribution < 1.29 is 9.59 Å². The van der Waals surface area contributed by atoms with Gasteiger partial charge in [-0.3, -0.25) is 9.59 Å². The molecule has 2 aromatic carbocycles. The minimum Gasteiger partial charge on any atom is -0.342 e. The van der Waals surface area contributed by atoms with Crippen molar-refractivity contribution in [2.24, 2.45) is 13.0 Å². The normalized spacial score (nSPS) is 12.2. The topological polar surface area (TPSA) is 88.9 Å². The average molecular weight is 674 g/mol. The van der Waals surface area contributed by atoms with Crippen LogP contribution in [0.5, 0.6) is 0 Å². The van der Waals surface area contributed by atoms with Gasteiger partial charge in [0.2, 0.25) is 5.91 Å². The highest BCUT2D eigenvalue weighted by Gasteiger charge is 2.24. The lowest BCUT2D eigenvalue weighted by atomic mass is 10.0. The molecule has 0 unspecified atom stereocenters. The maximum Gasteiger partial charge on any atom is 0.253 e. The number of nitrogens with one attached hydrogen (secondary N) is 2. The van der Waals surface area contributed by atoms with E-state index in [4.69, 9.17) is 23.2 Å². The molecule has 2 amide bonds. The van der Waals surface area contributed by atoms with Gasteiger partial charge in [-0.15, -0.1) is 10.2 Å². The summed E-state index contributed by atoms with van der Waals surface area (Å²) in [7, 11) is 1.83. The lowest BCUT2D eigenvalue weighted by molar-refractivity contribution is -0.113. The minimum atomic E-state index is -0.389. The Labute approximate surface area is 245 Å². The van der Waals surface area contributed by atoms with E-state index in [1.54, 1.807) is 12.1 Å². The van der Waals surface area contributed by atoms with Crippen LogP contribution in [0.1, 0.15) is 67.8 Å². The summed E-state index contributed by atoms with van der Waals surface area (Å²) >= 11 is 15.8. The third-order valence-electron chi connectivity index (χ3n) is 5.61. The Morgan fingerprint density at radius 2 is 1.81 bits per heavy atom. The fourth-order valence-corrected chi connectivity index (χ4v) is 5.53. The van der Waals surface area contributed by atoms with Crippen molar-refractivity contribution in [3.05, 3.63) is 67.0 Å². The zero-order chi connectivity index (χ0) is 27.3. The van der Waals surface area contributed by atoms with E-state index in [9.17, 15) is 9.59 Å². The molecule has 7 nitrogen and oxygen atoms in total. The molecule has 0 fully saturated rings. The molecular formula is C26H30Cl2IN5O2S. The van der Waals surface area contributed by atoms with Crippen LogP contribution in [0.2, 0.25) is 10.0 Å². The monoisotopic (exact) mass is 673 g/mol. The molecule has 3 rings (SSSR count). The van der Waals surface area contributed by atoms with Crippen molar-refractivity contribution in [2.45, 2.75) is 51.2 Å². The van der Waals surface area contributed by atoms with Crippen LogP contribution >= 0.6 is 57.6 Å². The standard InChI is InChI=1S/C26H30Cl2IN5O2S/c1-14(2)10-22(31-25(36)18-8-6-16(27)11-20(18)28)24-32-33-26(34(24)5)37-13-23(35)30-21-9-7-17(29)12-19(21)15(3)4/h6-9,11-12,14-15,22H,10,13H2,1-5H3,(H,30,35)(H,31,36)/t22-/m1/s1. The van der Waals surface area contributed by atoms with Crippen LogP contribution in [0.4, 0.5) is 5.69 Å². The molecule has 0 saturated heterocycles. The number of hydrogen-bond acceptors (Lipinski definition) is 5. The summed E-state index contributed by atoms with van der Waals surface area (Å²) in [6, 6.07) is 10.4. The molecule has 11 heteroatoms. The summed E-state index contributed by atoms with van der Waals surface area (Å²) < 4.78 is 2.95. The number of carbonyl (C=O) groups excluding carboxylic acids is 2. The largest absolute Gasteiger partial charge is 0.342 e. The number of rotatable bonds is 10. The number of amides is 2. The first-order valence-corrected chi connectivity index (χ1v) is 14.7. The van der Waals surface area contributed by atoms with E-state index in [0.717, 1.165) is 14.8 Å². The van der Waals surface area contributed by atoms with Gasteiger partial charge >= 0.3 is 0 Å². The number of thioether (sulfide) groups is 1. The summed E-state index contributed by atoms with van der Waals surface area (Å²) in [5.74, 6) is 0.916. The Morgan fingerprint density at radius 3 is 2.46 bits per heavy atom. The van der Waals surface area contributed by atoms with Gasteiger partial charge in [0, 0.05) is 21.3 Å². The number of anilines is 1. The van der Waals surface area contributed by atoms with Gasteiger partial charge < -0.3 is 15.2 Å². The van der Waals surface area contributed by atoms with Crippen LogP contribution in [0.25, 0.3) is 0 Å². The Hall–Kier alpha value is -1.82. The molecule has 0 radical (unpaired) electrons. The molecule has 3 aromatic rings. The number of aromatic nitrogens is 3. The third kappa shape index (κ3) is 8.08. The number of hydrogen-bond donors (Lipinski definition) is 2. The Balaban J connectivity index is 1.71. The van der Waals surface area contributed by atoms with E-state index in [1.807, 2.05) is 23.7 Å². The molecule has 0 spiro atoms. The van der Waals surface area contributed by atoms with Crippen molar-refractivity contribution in [3.63, 3.8) is 0 Å². The Kier molecular flexibility index (Phi) is 10.7. The van der Waals surface area contributed by atoms with Crippen LogP contribution < -0.4 is 10.6 Å². The SMILES string of the molecule is CC(C)C[C@@H](NC(=O)c1ccc(Cl)cc1Cl)c1nnc(SCC(=O)Nc2ccc(I)cc2C(C)C)n1C. The first-order chi connectivity index (χ1) is 17.5. The molecule has 0 aliphatic carbocycles. The van der Waals surface area contributed by atoms with E-state index in [-0.39, 0.29) is 40.5 Å². The van der Waals surface area contributed by atoms with E-state index in [0.29, 0.717) is 28.0 Å². The Morgan fingerprint density at radius 1 is 1.08 bits per heavy atom. The number of nitrogens with zero attached hydrogens (tertiary/aromatic N) is 3. The first-order valence-electron chi connectivity index (χ1n) is 11.8.